The van der Waals surface area contributed by atoms with E-state index >= 15 is 0 Å². The molecule has 0 aromatic heterocycles. The standard InChI is InChI=1S/C18H35O2/c1-3-17(2)15-13-11-9-7-5-4-6-8-10-12-14-16-18(19)20/h17H,3-16H2,1-2H3. The van der Waals surface area contributed by atoms with Crippen LogP contribution in [0.4, 0.5) is 0 Å². The largest absolute Gasteiger partial charge is 0.355 e. The molecule has 0 rings (SSSR count). The molecule has 0 saturated heterocycles. The van der Waals surface area contributed by atoms with E-state index in [9.17, 15) is 9.90 Å². The highest BCUT2D eigenvalue weighted by Gasteiger charge is 1.99. The fourth-order valence-electron chi connectivity index (χ4n) is 2.56. The molecule has 119 valence electrons. The highest BCUT2D eigenvalue weighted by molar-refractivity contribution is 5.66. The van der Waals surface area contributed by atoms with Crippen LogP contribution in [-0.2, 0) is 9.90 Å². The van der Waals surface area contributed by atoms with E-state index in [1.165, 1.54) is 70.6 Å². The molecular weight excluding hydrogens is 248 g/mol. The quantitative estimate of drug-likeness (QED) is 0.336. The Hall–Kier alpha value is -0.530. The molecule has 1 atom stereocenters. The Labute approximate surface area is 126 Å². The topological polar surface area (TPSA) is 37.0 Å². The van der Waals surface area contributed by atoms with Gasteiger partial charge in [-0.25, -0.2) is 9.90 Å². The molecule has 1 radical (unpaired) electrons. The van der Waals surface area contributed by atoms with Gasteiger partial charge in [-0.05, 0) is 12.3 Å². The molecule has 0 aliphatic heterocycles. The molecule has 0 heterocycles. The Morgan fingerprint density at radius 3 is 1.55 bits per heavy atom. The zero-order valence-electron chi connectivity index (χ0n) is 13.8. The van der Waals surface area contributed by atoms with Crippen molar-refractivity contribution < 1.29 is 9.90 Å². The van der Waals surface area contributed by atoms with Crippen molar-refractivity contribution in [2.45, 2.75) is 104 Å². The summed E-state index contributed by atoms with van der Waals surface area (Å²) in [5.41, 5.74) is 0. The van der Waals surface area contributed by atoms with E-state index in [1.54, 1.807) is 0 Å². The van der Waals surface area contributed by atoms with Gasteiger partial charge in [0.25, 0.3) is 0 Å². The maximum absolute atomic E-state index is 10.2. The zero-order chi connectivity index (χ0) is 15.1. The Kier molecular flexibility index (Phi) is 14.5. The molecular formula is C18H35O2. The number of carbonyl (C=O) groups excluding carboxylic acids is 1. The van der Waals surface area contributed by atoms with Gasteiger partial charge in [-0.2, -0.15) is 0 Å². The summed E-state index contributed by atoms with van der Waals surface area (Å²) in [6.45, 7) is 4.64. The molecule has 0 saturated carbocycles. The Morgan fingerprint density at radius 2 is 1.15 bits per heavy atom. The van der Waals surface area contributed by atoms with Crippen LogP contribution < -0.4 is 0 Å². The lowest BCUT2D eigenvalue weighted by atomic mass is 9.99. The fourth-order valence-corrected chi connectivity index (χ4v) is 2.56. The lowest BCUT2D eigenvalue weighted by molar-refractivity contribution is -0.143. The summed E-state index contributed by atoms with van der Waals surface area (Å²) in [4.78, 5) is 10.2. The van der Waals surface area contributed by atoms with E-state index in [1.807, 2.05) is 0 Å². The molecule has 20 heavy (non-hydrogen) atoms. The SMILES string of the molecule is CCC(C)CCCCCCCCCCCCCC([O])=O. The predicted molar refractivity (Wildman–Crippen MR) is 85.2 cm³/mol. The minimum absolute atomic E-state index is 0.233. The van der Waals surface area contributed by atoms with Crippen molar-refractivity contribution >= 4 is 5.97 Å². The summed E-state index contributed by atoms with van der Waals surface area (Å²) in [6, 6.07) is 0. The van der Waals surface area contributed by atoms with Gasteiger partial charge in [0, 0.05) is 0 Å². The van der Waals surface area contributed by atoms with Crippen LogP contribution in [-0.4, -0.2) is 5.97 Å². The van der Waals surface area contributed by atoms with E-state index in [2.05, 4.69) is 13.8 Å². The van der Waals surface area contributed by atoms with Crippen LogP contribution in [0.25, 0.3) is 0 Å². The smallest absolute Gasteiger partial charge is 0.247 e. The number of hydrogen-bond acceptors (Lipinski definition) is 1. The maximum Gasteiger partial charge on any atom is 0.355 e. The third-order valence-corrected chi connectivity index (χ3v) is 4.27. The zero-order valence-corrected chi connectivity index (χ0v) is 13.8. The molecule has 0 aliphatic carbocycles. The van der Waals surface area contributed by atoms with E-state index < -0.39 is 5.97 Å². The second-order valence-corrected chi connectivity index (χ2v) is 6.31. The van der Waals surface area contributed by atoms with Crippen LogP contribution in [0.15, 0.2) is 0 Å². The number of carbonyl (C=O) groups is 1. The first-order chi connectivity index (χ1) is 9.66. The average molecular weight is 283 g/mol. The van der Waals surface area contributed by atoms with Gasteiger partial charge in [0.15, 0.2) is 0 Å². The van der Waals surface area contributed by atoms with Gasteiger partial charge in [0.2, 0.25) is 0 Å². The first-order valence-corrected chi connectivity index (χ1v) is 8.86. The van der Waals surface area contributed by atoms with Gasteiger partial charge in [0.05, 0.1) is 6.42 Å². The van der Waals surface area contributed by atoms with Crippen LogP contribution >= 0.6 is 0 Å². The third kappa shape index (κ3) is 15.5. The summed E-state index contributed by atoms with van der Waals surface area (Å²) in [6.07, 6.45) is 16.9. The van der Waals surface area contributed by atoms with Crippen molar-refractivity contribution in [2.75, 3.05) is 0 Å². The summed E-state index contributed by atoms with van der Waals surface area (Å²) in [5.74, 6) is 0.00485. The van der Waals surface area contributed by atoms with Gasteiger partial charge in [-0.3, -0.25) is 0 Å². The lowest BCUT2D eigenvalue weighted by Gasteiger charge is -2.07. The second kappa shape index (κ2) is 14.9. The highest BCUT2D eigenvalue weighted by atomic mass is 16.4. The van der Waals surface area contributed by atoms with Crippen LogP contribution in [0, 0.1) is 5.92 Å². The van der Waals surface area contributed by atoms with E-state index in [-0.39, 0.29) is 6.42 Å². The number of unbranched alkanes of at least 4 members (excludes halogenated alkanes) is 10. The molecule has 0 aromatic rings. The Bertz CT molecular complexity index is 213. The molecule has 0 aliphatic rings. The molecule has 0 fully saturated rings. The minimum Gasteiger partial charge on any atom is -0.247 e. The van der Waals surface area contributed by atoms with Crippen LogP contribution in [0.1, 0.15) is 104 Å². The van der Waals surface area contributed by atoms with Gasteiger partial charge < -0.3 is 0 Å². The van der Waals surface area contributed by atoms with Crippen LogP contribution in [0.5, 0.6) is 0 Å². The van der Waals surface area contributed by atoms with Crippen molar-refractivity contribution in [1.29, 1.82) is 0 Å². The Balaban J connectivity index is 3.01. The third-order valence-electron chi connectivity index (χ3n) is 4.27. The fraction of sp³-hybridized carbons (Fsp3) is 0.944. The van der Waals surface area contributed by atoms with Crippen LogP contribution in [0.2, 0.25) is 0 Å². The number of hydrogen-bond donors (Lipinski definition) is 0. The molecule has 0 bridgehead atoms. The van der Waals surface area contributed by atoms with Crippen LogP contribution in [0.3, 0.4) is 0 Å². The lowest BCUT2D eigenvalue weighted by Crippen LogP contribution is -1.92. The van der Waals surface area contributed by atoms with Crippen molar-refractivity contribution in [1.82, 2.24) is 0 Å². The van der Waals surface area contributed by atoms with Gasteiger partial charge in [-0.15, -0.1) is 0 Å². The molecule has 0 aromatic carbocycles. The van der Waals surface area contributed by atoms with Gasteiger partial charge in [-0.1, -0.05) is 90.9 Å². The Morgan fingerprint density at radius 1 is 0.750 bits per heavy atom. The molecule has 0 N–H and O–H groups in total. The molecule has 1 unspecified atom stereocenters. The van der Waals surface area contributed by atoms with Gasteiger partial charge in [0.1, 0.15) is 0 Å². The maximum atomic E-state index is 10.2. The van der Waals surface area contributed by atoms with Crippen molar-refractivity contribution in [3.05, 3.63) is 0 Å². The second-order valence-electron chi connectivity index (χ2n) is 6.31. The monoisotopic (exact) mass is 283 g/mol. The summed E-state index contributed by atoms with van der Waals surface area (Å²) in [5, 5.41) is 10.2. The van der Waals surface area contributed by atoms with E-state index in [4.69, 9.17) is 0 Å². The van der Waals surface area contributed by atoms with Crippen molar-refractivity contribution in [3.63, 3.8) is 0 Å². The molecule has 2 nitrogen and oxygen atoms in total. The molecule has 0 amide bonds. The average Bonchev–Trinajstić information content (AvgIpc) is 2.43. The number of rotatable bonds is 15. The normalized spacial score (nSPS) is 12.5. The summed E-state index contributed by atoms with van der Waals surface area (Å²) >= 11 is 0. The first-order valence-electron chi connectivity index (χ1n) is 8.86. The summed E-state index contributed by atoms with van der Waals surface area (Å²) < 4.78 is 0. The van der Waals surface area contributed by atoms with E-state index in [0.29, 0.717) is 0 Å². The van der Waals surface area contributed by atoms with E-state index in [0.717, 1.165) is 18.8 Å². The molecule has 0 spiro atoms. The minimum atomic E-state index is -0.904. The predicted octanol–water partition coefficient (Wildman–Crippen LogP) is 6.06. The summed E-state index contributed by atoms with van der Waals surface area (Å²) in [7, 11) is 0. The molecule has 2 heteroatoms. The highest BCUT2D eigenvalue weighted by Crippen LogP contribution is 2.15. The van der Waals surface area contributed by atoms with Crippen molar-refractivity contribution in [3.8, 4) is 0 Å². The van der Waals surface area contributed by atoms with Gasteiger partial charge >= 0.3 is 5.97 Å². The first kappa shape index (κ1) is 19.5. The van der Waals surface area contributed by atoms with Crippen molar-refractivity contribution in [2.24, 2.45) is 5.92 Å².